The zero-order chi connectivity index (χ0) is 17.9. The van der Waals surface area contributed by atoms with E-state index in [-0.39, 0.29) is 11.5 Å². The number of aliphatic hydroxyl groups excluding tert-OH is 1. The Balaban J connectivity index is 1.43. The molecular weight excluding hydrogens is 312 g/mol. The van der Waals surface area contributed by atoms with Gasteiger partial charge in [0, 0.05) is 43.8 Å². The molecule has 140 valence electrons. The van der Waals surface area contributed by atoms with Gasteiger partial charge in [-0.1, -0.05) is 31.5 Å². The number of anilines is 1. The number of hydrogen-bond donors (Lipinski definition) is 1. The van der Waals surface area contributed by atoms with Crippen molar-refractivity contribution in [2.45, 2.75) is 58.8 Å². The monoisotopic (exact) mass is 346 g/mol. The van der Waals surface area contributed by atoms with Crippen LogP contribution in [0.25, 0.3) is 0 Å². The highest BCUT2D eigenvalue weighted by atomic mass is 16.6. The van der Waals surface area contributed by atoms with Gasteiger partial charge >= 0.3 is 0 Å². The molecule has 2 aliphatic heterocycles. The molecule has 2 fully saturated rings. The van der Waals surface area contributed by atoms with E-state index in [1.54, 1.807) is 0 Å². The number of rotatable bonds is 6. The van der Waals surface area contributed by atoms with Gasteiger partial charge in [-0.25, -0.2) is 0 Å². The van der Waals surface area contributed by atoms with E-state index in [1.165, 1.54) is 11.3 Å². The van der Waals surface area contributed by atoms with Gasteiger partial charge in [0.15, 0.2) is 6.29 Å². The van der Waals surface area contributed by atoms with Gasteiger partial charge in [0.1, 0.15) is 0 Å². The van der Waals surface area contributed by atoms with Crippen molar-refractivity contribution in [3.05, 3.63) is 29.8 Å². The maximum atomic E-state index is 10.3. The zero-order valence-electron chi connectivity index (χ0n) is 16.1. The van der Waals surface area contributed by atoms with Crippen molar-refractivity contribution < 1.29 is 9.84 Å². The number of nitrogens with zero attached hydrogens (tertiary/aromatic N) is 2. The highest BCUT2D eigenvalue weighted by molar-refractivity contribution is 5.47. The number of aryl methyl sites for hydroxylation is 1. The van der Waals surface area contributed by atoms with Crippen molar-refractivity contribution in [1.82, 2.24) is 4.90 Å². The van der Waals surface area contributed by atoms with Crippen LogP contribution in [0.2, 0.25) is 0 Å². The molecule has 0 amide bonds. The maximum absolute atomic E-state index is 10.3. The van der Waals surface area contributed by atoms with Gasteiger partial charge < -0.3 is 14.7 Å². The number of aliphatic hydroxyl groups is 1. The lowest BCUT2D eigenvalue weighted by atomic mass is 9.78. The molecule has 2 heterocycles. The van der Waals surface area contributed by atoms with E-state index < -0.39 is 6.29 Å². The van der Waals surface area contributed by atoms with E-state index in [9.17, 15) is 5.11 Å². The third kappa shape index (κ3) is 4.18. The average molecular weight is 347 g/mol. The van der Waals surface area contributed by atoms with E-state index in [1.807, 2.05) is 0 Å². The summed E-state index contributed by atoms with van der Waals surface area (Å²) < 4.78 is 5.87. The summed E-state index contributed by atoms with van der Waals surface area (Å²) in [6.45, 7) is 11.9. The SMILES string of the molecule is CCC1(CC)CC(CCN2CCN(c3ccc(C)cc3)CC2)OC1O. The highest BCUT2D eigenvalue weighted by Crippen LogP contribution is 2.44. The van der Waals surface area contributed by atoms with Crippen LogP contribution in [0.5, 0.6) is 0 Å². The minimum Gasteiger partial charge on any atom is -0.369 e. The Kier molecular flexibility index (Phi) is 6.03. The molecule has 0 aromatic heterocycles. The molecule has 25 heavy (non-hydrogen) atoms. The number of hydrogen-bond acceptors (Lipinski definition) is 4. The fourth-order valence-electron chi connectivity index (χ4n) is 4.30. The standard InChI is InChI=1S/C21H34N2O2/c1-4-21(5-2)16-19(25-20(21)24)10-11-22-12-14-23(15-13-22)18-8-6-17(3)7-9-18/h6-9,19-20,24H,4-5,10-16H2,1-3H3. The molecule has 0 saturated carbocycles. The molecule has 2 unspecified atom stereocenters. The smallest absolute Gasteiger partial charge is 0.160 e. The third-order valence-electron chi connectivity index (χ3n) is 6.43. The lowest BCUT2D eigenvalue weighted by Crippen LogP contribution is -2.47. The Morgan fingerprint density at radius 3 is 2.28 bits per heavy atom. The van der Waals surface area contributed by atoms with E-state index in [4.69, 9.17) is 4.74 Å². The van der Waals surface area contributed by atoms with Crippen molar-refractivity contribution >= 4 is 5.69 Å². The van der Waals surface area contributed by atoms with Crippen LogP contribution in [0.1, 0.15) is 45.1 Å². The highest BCUT2D eigenvalue weighted by Gasteiger charge is 2.45. The molecule has 1 aromatic carbocycles. The largest absolute Gasteiger partial charge is 0.369 e. The molecule has 3 rings (SSSR count). The van der Waals surface area contributed by atoms with E-state index in [2.05, 4.69) is 54.8 Å². The Morgan fingerprint density at radius 2 is 1.72 bits per heavy atom. The van der Waals surface area contributed by atoms with Crippen LogP contribution < -0.4 is 4.90 Å². The second-order valence-electron chi connectivity index (χ2n) is 7.84. The summed E-state index contributed by atoms with van der Waals surface area (Å²) in [6.07, 6.45) is 3.66. The lowest BCUT2D eigenvalue weighted by molar-refractivity contribution is -0.138. The van der Waals surface area contributed by atoms with E-state index in [0.29, 0.717) is 0 Å². The number of benzene rings is 1. The molecule has 1 aromatic rings. The Hall–Kier alpha value is -1.10. The second-order valence-corrected chi connectivity index (χ2v) is 7.84. The van der Waals surface area contributed by atoms with Crippen LogP contribution >= 0.6 is 0 Å². The summed E-state index contributed by atoms with van der Waals surface area (Å²) in [5.41, 5.74) is 2.63. The Bertz CT molecular complexity index is 533. The Morgan fingerprint density at radius 1 is 1.08 bits per heavy atom. The van der Waals surface area contributed by atoms with Gasteiger partial charge in [-0.3, -0.25) is 4.90 Å². The third-order valence-corrected chi connectivity index (χ3v) is 6.43. The molecule has 4 nitrogen and oxygen atoms in total. The van der Waals surface area contributed by atoms with Crippen LogP contribution in [0, 0.1) is 12.3 Å². The van der Waals surface area contributed by atoms with Gasteiger partial charge in [-0.15, -0.1) is 0 Å². The zero-order valence-corrected chi connectivity index (χ0v) is 16.1. The Labute approximate surface area is 152 Å². The fourth-order valence-corrected chi connectivity index (χ4v) is 4.30. The van der Waals surface area contributed by atoms with Gasteiger partial charge in [-0.2, -0.15) is 0 Å². The van der Waals surface area contributed by atoms with E-state index >= 15 is 0 Å². The quantitative estimate of drug-likeness (QED) is 0.856. The maximum Gasteiger partial charge on any atom is 0.160 e. The molecule has 1 N–H and O–H groups in total. The van der Waals surface area contributed by atoms with Crippen molar-refractivity contribution in [3.63, 3.8) is 0 Å². The average Bonchev–Trinajstić information content (AvgIpc) is 2.97. The van der Waals surface area contributed by atoms with Gasteiger partial charge in [0.05, 0.1) is 6.10 Å². The first kappa shape index (κ1) is 18.7. The first-order valence-corrected chi connectivity index (χ1v) is 9.94. The predicted octanol–water partition coefficient (Wildman–Crippen LogP) is 3.42. The van der Waals surface area contributed by atoms with Crippen molar-refractivity contribution in [2.75, 3.05) is 37.6 Å². The summed E-state index contributed by atoms with van der Waals surface area (Å²) in [4.78, 5) is 5.02. The number of ether oxygens (including phenoxy) is 1. The van der Waals surface area contributed by atoms with Gasteiger partial charge in [0.2, 0.25) is 0 Å². The summed E-state index contributed by atoms with van der Waals surface area (Å²) in [5.74, 6) is 0. The topological polar surface area (TPSA) is 35.9 Å². The molecule has 2 saturated heterocycles. The van der Waals surface area contributed by atoms with Crippen LogP contribution in [-0.4, -0.2) is 55.1 Å². The van der Waals surface area contributed by atoms with Gasteiger partial charge in [0.25, 0.3) is 0 Å². The molecule has 2 aliphatic rings. The minimum atomic E-state index is -0.578. The summed E-state index contributed by atoms with van der Waals surface area (Å²) in [6, 6.07) is 8.85. The summed E-state index contributed by atoms with van der Waals surface area (Å²) in [7, 11) is 0. The van der Waals surface area contributed by atoms with Crippen LogP contribution in [0.4, 0.5) is 5.69 Å². The normalized spacial score (nSPS) is 27.0. The molecule has 0 aliphatic carbocycles. The molecule has 2 atom stereocenters. The molecule has 0 bridgehead atoms. The first-order valence-electron chi connectivity index (χ1n) is 9.94. The summed E-state index contributed by atoms with van der Waals surface area (Å²) in [5, 5.41) is 10.3. The summed E-state index contributed by atoms with van der Waals surface area (Å²) >= 11 is 0. The predicted molar refractivity (Wildman–Crippen MR) is 103 cm³/mol. The van der Waals surface area contributed by atoms with Crippen molar-refractivity contribution in [3.8, 4) is 0 Å². The molecule has 4 heteroatoms. The molecule has 0 radical (unpaired) electrons. The fraction of sp³-hybridized carbons (Fsp3) is 0.714. The molecular formula is C21H34N2O2. The van der Waals surface area contributed by atoms with E-state index in [0.717, 1.165) is 58.4 Å². The minimum absolute atomic E-state index is 0.0190. The second kappa shape index (κ2) is 8.07. The van der Waals surface area contributed by atoms with Crippen LogP contribution in [0.15, 0.2) is 24.3 Å². The number of piperazine rings is 1. The first-order chi connectivity index (χ1) is 12.1. The van der Waals surface area contributed by atoms with Crippen LogP contribution in [-0.2, 0) is 4.74 Å². The van der Waals surface area contributed by atoms with Crippen molar-refractivity contribution in [1.29, 1.82) is 0 Å². The van der Waals surface area contributed by atoms with Crippen molar-refractivity contribution in [2.24, 2.45) is 5.41 Å². The molecule has 0 spiro atoms. The van der Waals surface area contributed by atoms with Gasteiger partial charge in [-0.05, 0) is 44.7 Å². The lowest BCUT2D eigenvalue weighted by Gasteiger charge is -2.36. The van der Waals surface area contributed by atoms with Crippen LogP contribution in [0.3, 0.4) is 0 Å².